The predicted octanol–water partition coefficient (Wildman–Crippen LogP) is 7.82. The number of nitrogens with zero attached hydrogens (tertiary/aromatic N) is 5. The number of carbonyl (C=O) groups is 4. The van der Waals surface area contributed by atoms with Crippen LogP contribution in [0.2, 0.25) is 0 Å². The molecule has 2 bridgehead atoms. The predicted molar refractivity (Wildman–Crippen MR) is 285 cm³/mol. The maximum absolute atomic E-state index is 14.6. The first-order valence-electron chi connectivity index (χ1n) is 26.1. The number of nitrogens with two attached hydrogens (primary N) is 1. The van der Waals surface area contributed by atoms with Gasteiger partial charge in [0.1, 0.15) is 28.7 Å². The molecule has 4 fully saturated rings. The van der Waals surface area contributed by atoms with Crippen molar-refractivity contribution in [3.8, 4) is 40.1 Å². The van der Waals surface area contributed by atoms with E-state index in [1.165, 1.54) is 18.5 Å². The molecule has 0 unspecified atom stereocenters. The van der Waals surface area contributed by atoms with E-state index in [2.05, 4.69) is 63.8 Å². The largest absolute Gasteiger partial charge is 0.508 e. The molecule has 4 aliphatic rings. The van der Waals surface area contributed by atoms with Gasteiger partial charge in [-0.15, -0.1) is 10.2 Å². The molecule has 3 saturated carbocycles. The number of hydrogen-bond donors (Lipinski definition) is 6. The van der Waals surface area contributed by atoms with Gasteiger partial charge in [0.05, 0.1) is 34.8 Å². The number of aromatic nitrogens is 5. The summed E-state index contributed by atoms with van der Waals surface area (Å²) in [5, 5.41) is 39.1. The first kappa shape index (κ1) is 53.2. The monoisotopic (exact) mass is 1030 g/mol. The molecule has 2 aromatic heterocycles. The zero-order chi connectivity index (χ0) is 54.1. The van der Waals surface area contributed by atoms with Crippen molar-refractivity contribution in [1.82, 2.24) is 40.7 Å². The molecule has 6 atom stereocenters. The summed E-state index contributed by atoms with van der Waals surface area (Å²) in [5.41, 5.74) is 7.89. The Kier molecular flexibility index (Phi) is 15.3. The molecule has 1 saturated heterocycles. The van der Waals surface area contributed by atoms with E-state index in [1.54, 1.807) is 66.1 Å². The van der Waals surface area contributed by atoms with E-state index < -0.39 is 36.4 Å². The van der Waals surface area contributed by atoms with E-state index in [0.29, 0.717) is 65.7 Å². The van der Waals surface area contributed by atoms with Crippen LogP contribution < -0.4 is 26.4 Å². The Bertz CT molecular complexity index is 3100. The summed E-state index contributed by atoms with van der Waals surface area (Å²) in [5.74, 6) is -1.66. The van der Waals surface area contributed by atoms with Gasteiger partial charge in [-0.3, -0.25) is 28.7 Å². The number of rotatable bonds is 20. The topological polar surface area (TPSA) is 255 Å². The lowest BCUT2D eigenvalue weighted by atomic mass is 9.43. The van der Waals surface area contributed by atoms with Crippen LogP contribution in [0.5, 0.6) is 23.0 Å². The Balaban J connectivity index is 0.877. The smallest absolute Gasteiger partial charge is 0.481 e. The highest BCUT2D eigenvalue weighted by Crippen LogP contribution is 2.67. The third kappa shape index (κ3) is 10.6. The van der Waals surface area contributed by atoms with Gasteiger partial charge in [-0.2, -0.15) is 0 Å². The van der Waals surface area contributed by atoms with Crippen LogP contribution in [-0.2, 0) is 20.5 Å². The minimum Gasteiger partial charge on any atom is -0.508 e. The number of amides is 4. The number of benzene rings is 4. The fourth-order valence-corrected chi connectivity index (χ4v) is 11.5. The van der Waals surface area contributed by atoms with Crippen LogP contribution in [0.1, 0.15) is 134 Å². The molecule has 3 aliphatic carbocycles. The summed E-state index contributed by atoms with van der Waals surface area (Å²) < 4.78 is 21.8. The number of nitrogens with one attached hydrogen (secondary N) is 3. The van der Waals surface area contributed by atoms with E-state index in [0.717, 1.165) is 18.4 Å². The van der Waals surface area contributed by atoms with Crippen LogP contribution in [0, 0.1) is 23.2 Å². The average molecular weight is 1030 g/mol. The molecule has 10 rings (SSSR count). The molecule has 0 spiro atoms. The van der Waals surface area contributed by atoms with Crippen molar-refractivity contribution in [2.75, 3.05) is 13.1 Å². The molecule has 396 valence electrons. The molecule has 19 heteroatoms. The maximum atomic E-state index is 14.6. The summed E-state index contributed by atoms with van der Waals surface area (Å²) in [6.07, 6.45) is 5.66. The number of ether oxygens (including phenoxy) is 1. The van der Waals surface area contributed by atoms with Crippen LogP contribution in [0.3, 0.4) is 0 Å². The van der Waals surface area contributed by atoms with Crippen LogP contribution in [-0.4, -0.2) is 96.4 Å². The summed E-state index contributed by atoms with van der Waals surface area (Å²) in [6.45, 7) is 15.0. The molecule has 18 nitrogen and oxygen atoms in total. The quantitative estimate of drug-likeness (QED) is 0.0399. The van der Waals surface area contributed by atoms with Crippen LogP contribution >= 0.6 is 0 Å². The minimum absolute atomic E-state index is 0.00757. The van der Waals surface area contributed by atoms with Crippen molar-refractivity contribution in [1.29, 1.82) is 0 Å². The van der Waals surface area contributed by atoms with Crippen LogP contribution in [0.15, 0.2) is 103 Å². The Labute approximate surface area is 442 Å². The van der Waals surface area contributed by atoms with E-state index in [4.69, 9.17) is 19.8 Å². The second-order valence-corrected chi connectivity index (χ2v) is 21.5. The number of aromatic hydroxyl groups is 2. The van der Waals surface area contributed by atoms with Gasteiger partial charge in [-0.25, -0.2) is 4.98 Å². The van der Waals surface area contributed by atoms with Gasteiger partial charge < -0.3 is 45.9 Å². The Hall–Kier alpha value is -7.64. The lowest BCUT2D eigenvalue weighted by Crippen LogP contribution is -2.67. The molecule has 4 aromatic carbocycles. The Morgan fingerprint density at radius 1 is 0.868 bits per heavy atom. The molecule has 1 aliphatic heterocycles. The van der Waals surface area contributed by atoms with Crippen LogP contribution in [0.4, 0.5) is 0 Å². The van der Waals surface area contributed by atoms with Gasteiger partial charge in [0.15, 0.2) is 5.82 Å². The average Bonchev–Trinajstić information content (AvgIpc) is 4.05. The van der Waals surface area contributed by atoms with Crippen LogP contribution in [0.25, 0.3) is 17.1 Å². The van der Waals surface area contributed by atoms with Crippen molar-refractivity contribution >= 4 is 30.7 Å². The summed E-state index contributed by atoms with van der Waals surface area (Å²) in [7, 11) is -0.774. The summed E-state index contributed by atoms with van der Waals surface area (Å²) in [4.78, 5) is 62.8. The molecular formula is C57H66BN9O9. The number of phenolic OH excluding ortho intramolecular Hbond substituents is 2. The molecule has 6 aromatic rings. The molecule has 3 heterocycles. The molecule has 7 N–H and O–H groups in total. The normalized spacial score (nSPS) is 20.1. The molecule has 4 amide bonds. The van der Waals surface area contributed by atoms with Gasteiger partial charge in [-0.05, 0) is 134 Å². The fraction of sp³-hybridized carbons (Fsp3) is 0.404. The van der Waals surface area contributed by atoms with E-state index in [9.17, 15) is 29.4 Å². The SMILES string of the molecule is CCNC(=O)c1nnc(-c2cc(C(C)C)c(O)cc2O)n1-c1ccc(Oc2ccc(C(=O)NCC[C@]34OB([C@H](CC(C)C)NC(=O)[C@@H](Cc5ccccc5)c5nccnc5C(N)=O)O[C@H]3C[C@@H]3C[C@H]4C3(C)C)cc2)cc1. The standard InChI is InChI=1S/C57H66BN9O9/c1-8-60-55(73)52-66-65-51(41-30-40(33(4)5)43(68)31-44(41)69)67(52)37-16-20-39(21-17-37)74-38-18-14-35(15-19-38)53(71)63-23-22-57-45-28-36(56(45,6)7)29-46(57)75-58(76-57)47(26-32(2)3)64-54(72)42(27-34-12-10-9-11-13-34)48-49(50(59)70)62-25-24-61-48/h9-21,24-25,30-33,36,42,45-47,68-69H,8,22-23,26-29H2,1-7H3,(H2,59,70)(H,60,73)(H,63,71)(H,64,72)/t36-,42-,45-,46-,47-,57+/m0/s1. The first-order valence-corrected chi connectivity index (χ1v) is 26.1. The highest BCUT2D eigenvalue weighted by atomic mass is 16.7. The van der Waals surface area contributed by atoms with Gasteiger partial charge in [0.25, 0.3) is 17.7 Å². The number of hydrogen-bond acceptors (Lipinski definition) is 13. The second kappa shape index (κ2) is 21.9. The third-order valence-corrected chi connectivity index (χ3v) is 15.5. The lowest BCUT2D eigenvalue weighted by Gasteiger charge is -2.65. The van der Waals surface area contributed by atoms with Gasteiger partial charge in [-0.1, -0.05) is 71.9 Å². The van der Waals surface area contributed by atoms with Crippen molar-refractivity contribution < 1.29 is 43.4 Å². The van der Waals surface area contributed by atoms with E-state index >= 15 is 0 Å². The minimum atomic E-state index is -0.883. The Morgan fingerprint density at radius 3 is 2.22 bits per heavy atom. The lowest BCUT2D eigenvalue weighted by molar-refractivity contribution is -0.209. The number of carbonyl (C=O) groups excluding carboxylic acids is 4. The molecule has 76 heavy (non-hydrogen) atoms. The van der Waals surface area contributed by atoms with Crippen molar-refractivity contribution in [2.24, 2.45) is 28.9 Å². The van der Waals surface area contributed by atoms with E-state index in [1.807, 2.05) is 44.2 Å². The van der Waals surface area contributed by atoms with E-state index in [-0.39, 0.29) is 82.0 Å². The number of phenols is 2. The second-order valence-electron chi connectivity index (χ2n) is 21.5. The fourth-order valence-electron chi connectivity index (χ4n) is 11.5. The summed E-state index contributed by atoms with van der Waals surface area (Å²) in [6, 6.07) is 26.2. The van der Waals surface area contributed by atoms with Crippen molar-refractivity contribution in [3.05, 3.63) is 137 Å². The maximum Gasteiger partial charge on any atom is 0.481 e. The highest BCUT2D eigenvalue weighted by molar-refractivity contribution is 6.48. The Morgan fingerprint density at radius 2 is 1.57 bits per heavy atom. The van der Waals surface area contributed by atoms with Crippen molar-refractivity contribution in [2.45, 2.75) is 110 Å². The van der Waals surface area contributed by atoms with Gasteiger partial charge in [0, 0.05) is 42.8 Å². The van der Waals surface area contributed by atoms with Crippen molar-refractivity contribution in [3.63, 3.8) is 0 Å². The number of primary amides is 1. The molecule has 0 radical (unpaired) electrons. The zero-order valence-electron chi connectivity index (χ0n) is 43.9. The van der Waals surface area contributed by atoms with Gasteiger partial charge in [0.2, 0.25) is 11.7 Å². The highest BCUT2D eigenvalue weighted by Gasteiger charge is 2.70. The molecular weight excluding hydrogens is 965 g/mol. The summed E-state index contributed by atoms with van der Waals surface area (Å²) >= 11 is 0. The van der Waals surface area contributed by atoms with Gasteiger partial charge >= 0.3 is 7.12 Å². The zero-order valence-corrected chi connectivity index (χ0v) is 43.9. The third-order valence-electron chi connectivity index (χ3n) is 15.5. The first-order chi connectivity index (χ1) is 36.4.